The third kappa shape index (κ3) is 1.45. The Hall–Kier alpha value is -1.51. The van der Waals surface area contributed by atoms with Crippen molar-refractivity contribution < 1.29 is 0 Å². The van der Waals surface area contributed by atoms with E-state index in [0.29, 0.717) is 0 Å². The number of hydrazine groups is 1. The second-order valence-electron chi connectivity index (χ2n) is 3.57. The number of rotatable bonds is 1. The van der Waals surface area contributed by atoms with E-state index in [2.05, 4.69) is 50.0 Å². The highest BCUT2D eigenvalue weighted by molar-refractivity contribution is 5.69. The summed E-state index contributed by atoms with van der Waals surface area (Å²) in [5.74, 6) is 0. The smallest absolute Gasteiger partial charge is 0.251 e. The lowest BCUT2D eigenvalue weighted by atomic mass is 10.1. The number of anilines is 1. The Morgan fingerprint density at radius 3 is 2.36 bits per heavy atom. The molecule has 1 N–H and O–H groups in total. The highest BCUT2D eigenvalue weighted by Gasteiger charge is 2.15. The van der Waals surface area contributed by atoms with Crippen molar-refractivity contribution in [3.05, 3.63) is 35.5 Å². The molecule has 0 amide bonds. The molecule has 1 aliphatic rings. The third-order valence-electron chi connectivity index (χ3n) is 2.27. The van der Waals surface area contributed by atoms with Gasteiger partial charge in [0.2, 0.25) is 0 Å². The Kier molecular flexibility index (Phi) is 2.15. The van der Waals surface area contributed by atoms with Crippen LogP contribution in [0.5, 0.6) is 0 Å². The van der Waals surface area contributed by atoms with E-state index in [0.717, 1.165) is 5.69 Å². The SMILES string of the molecule is Cc1cc(C)c(N2[C]N=CN2)c(C)c1. The van der Waals surface area contributed by atoms with E-state index in [9.17, 15) is 0 Å². The Morgan fingerprint density at radius 1 is 1.21 bits per heavy atom. The Balaban J connectivity index is 2.41. The van der Waals surface area contributed by atoms with Gasteiger partial charge in [0.15, 0.2) is 0 Å². The van der Waals surface area contributed by atoms with Gasteiger partial charge in [-0.25, -0.2) is 10.0 Å². The molecular weight excluding hydrogens is 174 g/mol. The molecular formula is C11H13N3. The van der Waals surface area contributed by atoms with Crippen LogP contribution >= 0.6 is 0 Å². The van der Waals surface area contributed by atoms with Crippen molar-refractivity contribution in [2.24, 2.45) is 4.99 Å². The normalized spacial score (nSPS) is 14.6. The fourth-order valence-corrected chi connectivity index (χ4v) is 1.84. The van der Waals surface area contributed by atoms with E-state index < -0.39 is 0 Å². The van der Waals surface area contributed by atoms with Crippen LogP contribution in [0.1, 0.15) is 16.7 Å². The van der Waals surface area contributed by atoms with E-state index in [1.54, 1.807) is 6.34 Å². The van der Waals surface area contributed by atoms with Crippen LogP contribution in [0.3, 0.4) is 0 Å². The number of hydrogen-bond acceptors (Lipinski definition) is 3. The molecule has 0 saturated carbocycles. The second kappa shape index (κ2) is 3.33. The molecule has 0 unspecified atom stereocenters. The molecule has 0 aromatic heterocycles. The van der Waals surface area contributed by atoms with Gasteiger partial charge in [0, 0.05) is 0 Å². The summed E-state index contributed by atoms with van der Waals surface area (Å²) < 4.78 is 0. The zero-order chi connectivity index (χ0) is 10.1. The zero-order valence-electron chi connectivity index (χ0n) is 8.63. The summed E-state index contributed by atoms with van der Waals surface area (Å²) in [6, 6.07) is 4.31. The van der Waals surface area contributed by atoms with Crippen LogP contribution < -0.4 is 10.4 Å². The van der Waals surface area contributed by atoms with E-state index in [1.165, 1.54) is 16.7 Å². The number of nitrogens with one attached hydrogen (secondary N) is 1. The number of aliphatic imine (C=N–C) groups is 1. The number of benzene rings is 1. The van der Waals surface area contributed by atoms with Crippen LogP contribution in [-0.2, 0) is 0 Å². The summed E-state index contributed by atoms with van der Waals surface area (Å²) in [5.41, 5.74) is 7.88. The largest absolute Gasteiger partial charge is 0.285 e. The average Bonchev–Trinajstić information content (AvgIpc) is 2.54. The first-order valence-electron chi connectivity index (χ1n) is 4.60. The standard InChI is InChI=1S/C11H13N3/c1-8-4-9(2)11(10(3)5-8)14-7-12-6-13-14/h4-6H,1-3H3,(H,12,13). The first-order chi connectivity index (χ1) is 6.68. The van der Waals surface area contributed by atoms with Crippen LogP contribution in [0, 0.1) is 27.4 Å². The minimum atomic E-state index is 1.13. The molecule has 0 bridgehead atoms. The van der Waals surface area contributed by atoms with Crippen LogP contribution in [0.25, 0.3) is 0 Å². The van der Waals surface area contributed by atoms with E-state index in [4.69, 9.17) is 0 Å². The predicted octanol–water partition coefficient (Wildman–Crippen LogP) is 1.96. The molecule has 0 atom stereocenters. The lowest BCUT2D eigenvalue weighted by molar-refractivity contribution is 0.909. The molecule has 0 fully saturated rings. The lowest BCUT2D eigenvalue weighted by Crippen LogP contribution is -2.30. The molecule has 2 rings (SSSR count). The summed E-state index contributed by atoms with van der Waals surface area (Å²) in [5, 5.41) is 1.81. The second-order valence-corrected chi connectivity index (χ2v) is 3.57. The lowest BCUT2D eigenvalue weighted by Gasteiger charge is -2.20. The van der Waals surface area contributed by atoms with Crippen LogP contribution in [0.4, 0.5) is 5.69 Å². The van der Waals surface area contributed by atoms with Gasteiger partial charge in [-0.3, -0.25) is 5.43 Å². The molecule has 14 heavy (non-hydrogen) atoms. The van der Waals surface area contributed by atoms with E-state index >= 15 is 0 Å². The van der Waals surface area contributed by atoms with Crippen LogP contribution in [0.15, 0.2) is 17.1 Å². The van der Waals surface area contributed by atoms with Crippen molar-refractivity contribution in [2.45, 2.75) is 20.8 Å². The summed E-state index contributed by atoms with van der Waals surface area (Å²) in [4.78, 5) is 3.89. The maximum atomic E-state index is 3.89. The van der Waals surface area contributed by atoms with Gasteiger partial charge >= 0.3 is 0 Å². The van der Waals surface area contributed by atoms with Crippen LogP contribution in [0.2, 0.25) is 0 Å². The minimum absolute atomic E-state index is 1.13. The van der Waals surface area contributed by atoms with Gasteiger partial charge in [-0.1, -0.05) is 17.7 Å². The van der Waals surface area contributed by atoms with Crippen molar-refractivity contribution in [3.8, 4) is 0 Å². The molecule has 3 heteroatoms. The number of aryl methyl sites for hydroxylation is 3. The zero-order valence-corrected chi connectivity index (χ0v) is 8.63. The molecule has 2 radical (unpaired) electrons. The third-order valence-corrected chi connectivity index (χ3v) is 2.27. The molecule has 72 valence electrons. The molecule has 0 aliphatic carbocycles. The van der Waals surface area contributed by atoms with Crippen molar-refractivity contribution in [3.63, 3.8) is 0 Å². The quantitative estimate of drug-likeness (QED) is 0.727. The summed E-state index contributed by atoms with van der Waals surface area (Å²) >= 11 is 0. The Labute approximate surface area is 84.4 Å². The molecule has 1 aliphatic heterocycles. The summed E-state index contributed by atoms with van der Waals surface area (Å²) in [6.45, 7) is 9.16. The van der Waals surface area contributed by atoms with E-state index in [-0.39, 0.29) is 0 Å². The molecule has 1 heterocycles. The minimum Gasteiger partial charge on any atom is -0.285 e. The summed E-state index contributed by atoms with van der Waals surface area (Å²) in [6.07, 6.45) is 1.62. The maximum Gasteiger partial charge on any atom is 0.251 e. The Bertz CT molecular complexity index is 351. The molecule has 1 aromatic carbocycles. The van der Waals surface area contributed by atoms with Crippen molar-refractivity contribution in [1.82, 2.24) is 5.43 Å². The molecule has 3 nitrogen and oxygen atoms in total. The topological polar surface area (TPSA) is 27.6 Å². The average molecular weight is 187 g/mol. The first-order valence-corrected chi connectivity index (χ1v) is 4.60. The first kappa shape index (κ1) is 9.06. The maximum absolute atomic E-state index is 3.89. The van der Waals surface area contributed by atoms with E-state index in [1.807, 2.05) is 5.01 Å². The highest BCUT2D eigenvalue weighted by atomic mass is 15.6. The fourth-order valence-electron chi connectivity index (χ4n) is 1.84. The van der Waals surface area contributed by atoms with Crippen molar-refractivity contribution in [1.29, 1.82) is 0 Å². The van der Waals surface area contributed by atoms with Gasteiger partial charge in [-0.2, -0.15) is 0 Å². The number of nitrogens with zero attached hydrogens (tertiary/aromatic N) is 2. The predicted molar refractivity (Wildman–Crippen MR) is 58.0 cm³/mol. The molecule has 0 saturated heterocycles. The molecule has 1 aromatic rings. The highest BCUT2D eigenvalue weighted by Crippen LogP contribution is 2.26. The Morgan fingerprint density at radius 2 is 1.86 bits per heavy atom. The monoisotopic (exact) mass is 187 g/mol. The number of hydrogen-bond donors (Lipinski definition) is 1. The summed E-state index contributed by atoms with van der Waals surface area (Å²) in [7, 11) is 0. The van der Waals surface area contributed by atoms with Gasteiger partial charge in [-0.15, -0.1) is 0 Å². The van der Waals surface area contributed by atoms with Crippen molar-refractivity contribution >= 4 is 12.0 Å². The molecule has 0 spiro atoms. The van der Waals surface area contributed by atoms with Gasteiger partial charge in [0.1, 0.15) is 6.34 Å². The van der Waals surface area contributed by atoms with Crippen molar-refractivity contribution in [2.75, 3.05) is 5.01 Å². The van der Waals surface area contributed by atoms with Gasteiger partial charge in [-0.05, 0) is 31.9 Å². The van der Waals surface area contributed by atoms with Gasteiger partial charge < -0.3 is 0 Å². The van der Waals surface area contributed by atoms with Crippen LogP contribution in [-0.4, -0.2) is 6.34 Å². The fraction of sp³-hybridized carbons (Fsp3) is 0.273. The van der Waals surface area contributed by atoms with Gasteiger partial charge in [0.25, 0.3) is 6.67 Å². The van der Waals surface area contributed by atoms with Gasteiger partial charge in [0.05, 0.1) is 5.69 Å².